The van der Waals surface area contributed by atoms with Gasteiger partial charge in [-0.2, -0.15) is 0 Å². The summed E-state index contributed by atoms with van der Waals surface area (Å²) in [5.41, 5.74) is 0.0540. The molecule has 178 valence electrons. The van der Waals surface area contributed by atoms with Crippen LogP contribution in [-0.2, 0) is 9.59 Å². The van der Waals surface area contributed by atoms with Gasteiger partial charge in [0.05, 0.1) is 19.1 Å². The lowest BCUT2D eigenvalue weighted by Gasteiger charge is -2.19. The minimum absolute atomic E-state index is 0.0637. The van der Waals surface area contributed by atoms with Crippen LogP contribution >= 0.6 is 0 Å². The van der Waals surface area contributed by atoms with Crippen LogP contribution in [-0.4, -0.2) is 57.9 Å². The molecule has 33 heavy (non-hydrogen) atoms. The van der Waals surface area contributed by atoms with E-state index in [1.165, 1.54) is 30.3 Å². The fourth-order valence-electron chi connectivity index (χ4n) is 3.13. The highest BCUT2D eigenvalue weighted by molar-refractivity contribution is 5.93. The number of aromatic carboxylic acids is 1. The SMILES string of the molecule is CCCCCC(CN(O)C=O)C(=O)NCNC(=O)c1ccc(-c2ccc(O)c(C(=O)O)c2)o1. The van der Waals surface area contributed by atoms with E-state index in [-0.39, 0.29) is 36.7 Å². The molecule has 0 radical (unpaired) electrons. The van der Waals surface area contributed by atoms with Crippen molar-refractivity contribution >= 4 is 24.2 Å². The fourth-order valence-corrected chi connectivity index (χ4v) is 3.13. The van der Waals surface area contributed by atoms with E-state index in [9.17, 15) is 29.5 Å². The average Bonchev–Trinajstić information content (AvgIpc) is 3.28. The Morgan fingerprint density at radius 3 is 2.58 bits per heavy atom. The number of hydrogen-bond donors (Lipinski definition) is 5. The maximum Gasteiger partial charge on any atom is 0.339 e. The Morgan fingerprint density at radius 1 is 1.15 bits per heavy atom. The lowest BCUT2D eigenvalue weighted by Crippen LogP contribution is -2.42. The van der Waals surface area contributed by atoms with Crippen molar-refractivity contribution in [2.24, 2.45) is 5.92 Å². The number of carboxylic acid groups (broad SMARTS) is 1. The van der Waals surface area contributed by atoms with Crippen molar-refractivity contribution in [3.63, 3.8) is 0 Å². The quantitative estimate of drug-likeness (QED) is 0.0994. The summed E-state index contributed by atoms with van der Waals surface area (Å²) in [6.45, 7) is 1.66. The maximum absolute atomic E-state index is 12.4. The normalized spacial score (nSPS) is 11.5. The number of phenols is 1. The zero-order chi connectivity index (χ0) is 24.4. The van der Waals surface area contributed by atoms with Gasteiger partial charge in [-0.05, 0) is 36.8 Å². The smallest absolute Gasteiger partial charge is 0.339 e. The summed E-state index contributed by atoms with van der Waals surface area (Å²) in [7, 11) is 0. The molecule has 2 rings (SSSR count). The number of carboxylic acids is 1. The summed E-state index contributed by atoms with van der Waals surface area (Å²) in [5, 5.41) is 33.6. The zero-order valence-corrected chi connectivity index (χ0v) is 18.1. The third-order valence-electron chi connectivity index (χ3n) is 4.91. The first-order valence-electron chi connectivity index (χ1n) is 10.4. The van der Waals surface area contributed by atoms with Gasteiger partial charge in [-0.25, -0.2) is 9.86 Å². The molecule has 11 heteroatoms. The average molecular weight is 461 g/mol. The van der Waals surface area contributed by atoms with Gasteiger partial charge >= 0.3 is 5.97 Å². The van der Waals surface area contributed by atoms with Crippen molar-refractivity contribution in [3.05, 3.63) is 41.7 Å². The molecule has 11 nitrogen and oxygen atoms in total. The first kappa shape index (κ1) is 25.4. The molecule has 5 N–H and O–H groups in total. The zero-order valence-electron chi connectivity index (χ0n) is 18.1. The molecular weight excluding hydrogens is 434 g/mol. The second kappa shape index (κ2) is 12.2. The molecule has 2 aromatic rings. The van der Waals surface area contributed by atoms with E-state index in [4.69, 9.17) is 9.52 Å². The number of furan rings is 1. The van der Waals surface area contributed by atoms with Gasteiger partial charge < -0.3 is 25.3 Å². The Morgan fingerprint density at radius 2 is 1.91 bits per heavy atom. The topological polar surface area (TPSA) is 169 Å². The summed E-state index contributed by atoms with van der Waals surface area (Å²) in [6, 6.07) is 6.75. The monoisotopic (exact) mass is 461 g/mol. The molecule has 0 fully saturated rings. The molecule has 0 saturated carbocycles. The second-order valence-corrected chi connectivity index (χ2v) is 7.34. The highest BCUT2D eigenvalue weighted by Gasteiger charge is 2.21. The lowest BCUT2D eigenvalue weighted by molar-refractivity contribution is -0.154. The molecule has 1 unspecified atom stereocenters. The van der Waals surface area contributed by atoms with Crippen LogP contribution in [0.25, 0.3) is 11.3 Å². The van der Waals surface area contributed by atoms with Gasteiger partial charge in [-0.3, -0.25) is 19.6 Å². The molecule has 3 amide bonds. The van der Waals surface area contributed by atoms with Crippen LogP contribution in [0.3, 0.4) is 0 Å². The Balaban J connectivity index is 1.94. The number of unbranched alkanes of at least 4 members (excludes halogenated alkanes) is 2. The van der Waals surface area contributed by atoms with Crippen LogP contribution in [0.4, 0.5) is 0 Å². The predicted octanol–water partition coefficient (Wildman–Crippen LogP) is 2.20. The largest absolute Gasteiger partial charge is 0.507 e. The Bertz CT molecular complexity index is 988. The number of nitrogens with zero attached hydrogens (tertiary/aromatic N) is 1. The summed E-state index contributed by atoms with van der Waals surface area (Å²) < 4.78 is 5.47. The number of hydrogen-bond acceptors (Lipinski definition) is 7. The molecule has 1 aromatic carbocycles. The maximum atomic E-state index is 12.4. The second-order valence-electron chi connectivity index (χ2n) is 7.34. The highest BCUT2D eigenvalue weighted by Crippen LogP contribution is 2.27. The summed E-state index contributed by atoms with van der Waals surface area (Å²) in [6.07, 6.45) is 3.31. The summed E-state index contributed by atoms with van der Waals surface area (Å²) >= 11 is 0. The predicted molar refractivity (Wildman–Crippen MR) is 115 cm³/mol. The number of carbonyl (C=O) groups excluding carboxylic acids is 3. The van der Waals surface area contributed by atoms with Crippen LogP contribution in [0, 0.1) is 5.92 Å². The van der Waals surface area contributed by atoms with Crippen molar-refractivity contribution in [2.45, 2.75) is 32.6 Å². The number of aromatic hydroxyl groups is 1. The van der Waals surface area contributed by atoms with Gasteiger partial charge in [0.25, 0.3) is 5.91 Å². The van der Waals surface area contributed by atoms with Crippen LogP contribution in [0.1, 0.15) is 53.5 Å². The van der Waals surface area contributed by atoms with E-state index in [1.54, 1.807) is 0 Å². The van der Waals surface area contributed by atoms with E-state index in [1.807, 2.05) is 6.92 Å². The van der Waals surface area contributed by atoms with E-state index >= 15 is 0 Å². The van der Waals surface area contributed by atoms with Crippen molar-refractivity contribution < 1.29 is 39.0 Å². The van der Waals surface area contributed by atoms with E-state index in [2.05, 4.69) is 10.6 Å². The van der Waals surface area contributed by atoms with Gasteiger partial charge in [-0.1, -0.05) is 26.2 Å². The Labute approximate surface area is 190 Å². The van der Waals surface area contributed by atoms with Crippen LogP contribution in [0.15, 0.2) is 34.7 Å². The number of benzene rings is 1. The molecule has 1 aromatic heterocycles. The van der Waals surface area contributed by atoms with Crippen molar-refractivity contribution in [1.82, 2.24) is 15.7 Å². The van der Waals surface area contributed by atoms with E-state index in [0.717, 1.165) is 19.3 Å². The molecule has 0 aliphatic heterocycles. The van der Waals surface area contributed by atoms with Gasteiger partial charge in [0.15, 0.2) is 5.76 Å². The van der Waals surface area contributed by atoms with Crippen LogP contribution in [0.5, 0.6) is 5.75 Å². The minimum atomic E-state index is -1.31. The fraction of sp³-hybridized carbons (Fsp3) is 0.364. The van der Waals surface area contributed by atoms with Crippen molar-refractivity contribution in [2.75, 3.05) is 13.2 Å². The molecule has 0 aliphatic rings. The first-order chi connectivity index (χ1) is 15.8. The summed E-state index contributed by atoms with van der Waals surface area (Å²) in [4.78, 5) is 46.6. The first-order valence-corrected chi connectivity index (χ1v) is 10.4. The van der Waals surface area contributed by atoms with E-state index < -0.39 is 29.5 Å². The van der Waals surface area contributed by atoms with E-state index in [0.29, 0.717) is 17.0 Å². The van der Waals surface area contributed by atoms with Crippen molar-refractivity contribution in [1.29, 1.82) is 0 Å². The van der Waals surface area contributed by atoms with Crippen molar-refractivity contribution in [3.8, 4) is 17.1 Å². The summed E-state index contributed by atoms with van der Waals surface area (Å²) in [5.74, 6) is -3.20. The van der Waals surface area contributed by atoms with Gasteiger partial charge in [0.1, 0.15) is 17.1 Å². The van der Waals surface area contributed by atoms with Gasteiger partial charge in [-0.15, -0.1) is 0 Å². The molecule has 1 atom stereocenters. The molecule has 0 bridgehead atoms. The third-order valence-corrected chi connectivity index (χ3v) is 4.91. The number of nitrogens with one attached hydrogen (secondary N) is 2. The lowest BCUT2D eigenvalue weighted by atomic mass is 10.0. The minimum Gasteiger partial charge on any atom is -0.507 e. The third kappa shape index (κ3) is 7.35. The molecule has 0 aliphatic carbocycles. The number of amides is 3. The molecule has 0 saturated heterocycles. The number of carbonyl (C=O) groups is 4. The number of rotatable bonds is 13. The van der Waals surface area contributed by atoms with Crippen LogP contribution < -0.4 is 10.6 Å². The molecule has 0 spiro atoms. The van der Waals surface area contributed by atoms with Gasteiger partial charge in [0.2, 0.25) is 12.3 Å². The molecule has 1 heterocycles. The number of hydroxylamine groups is 2. The molecular formula is C22H27N3O8. The highest BCUT2D eigenvalue weighted by atomic mass is 16.5. The van der Waals surface area contributed by atoms with Gasteiger partial charge in [0, 0.05) is 5.56 Å². The van der Waals surface area contributed by atoms with Crippen LogP contribution in [0.2, 0.25) is 0 Å². The Kier molecular flexibility index (Phi) is 9.43. The Hall–Kier alpha value is -3.86. The standard InChI is InChI=1S/C22H27N3O8/c1-2-3-4-5-15(11-25(32)13-26)20(28)23-12-24-21(29)19-9-8-18(33-19)14-6-7-17(27)16(10-14)22(30)31/h6-10,13,15,27,32H,2-5,11-12H2,1H3,(H,23,28)(H,24,29)(H,30,31).